The molecule has 0 radical (unpaired) electrons. The van der Waals surface area contributed by atoms with E-state index in [2.05, 4.69) is 34.8 Å². The number of aromatic nitrogens is 6. The molecule has 5 heterocycles. The molecule has 10 nitrogen and oxygen atoms in total. The first-order valence-electron chi connectivity index (χ1n) is 11.6. The highest BCUT2D eigenvalue weighted by atomic mass is 19.1. The molecule has 0 bridgehead atoms. The standard InChI is InChI=1S/C24H24FN7O3/c1-15-19(23(30-35-15)16-2-4-17(25)5-3-16)14-34-22-11-26-20(10-27-22)24-29-28-21-12-31(7-8-32(21)24)18-6-9-33-13-18/h2-5,10-11,18H,6-9,12-14H2,1H3. The molecule has 1 atom stereocenters. The summed E-state index contributed by atoms with van der Waals surface area (Å²) in [7, 11) is 0. The zero-order valence-corrected chi connectivity index (χ0v) is 19.2. The highest BCUT2D eigenvalue weighted by Gasteiger charge is 2.29. The van der Waals surface area contributed by atoms with Gasteiger partial charge in [0, 0.05) is 31.3 Å². The van der Waals surface area contributed by atoms with E-state index in [0.29, 0.717) is 34.9 Å². The predicted molar refractivity (Wildman–Crippen MR) is 122 cm³/mol. The van der Waals surface area contributed by atoms with Crippen LogP contribution < -0.4 is 4.74 Å². The van der Waals surface area contributed by atoms with Crippen LogP contribution in [0.4, 0.5) is 4.39 Å². The Morgan fingerprint density at radius 3 is 2.77 bits per heavy atom. The van der Waals surface area contributed by atoms with Gasteiger partial charge < -0.3 is 18.6 Å². The highest BCUT2D eigenvalue weighted by molar-refractivity contribution is 5.63. The second-order valence-electron chi connectivity index (χ2n) is 8.68. The van der Waals surface area contributed by atoms with Crippen LogP contribution in [-0.2, 0) is 24.4 Å². The zero-order chi connectivity index (χ0) is 23.8. The Morgan fingerprint density at radius 2 is 2.00 bits per heavy atom. The largest absolute Gasteiger partial charge is 0.471 e. The molecule has 2 aliphatic heterocycles. The lowest BCUT2D eigenvalue weighted by Gasteiger charge is -2.31. The van der Waals surface area contributed by atoms with Crippen molar-refractivity contribution in [2.24, 2.45) is 0 Å². The van der Waals surface area contributed by atoms with Gasteiger partial charge in [-0.1, -0.05) is 5.16 Å². The van der Waals surface area contributed by atoms with Gasteiger partial charge in [-0.25, -0.2) is 14.4 Å². The van der Waals surface area contributed by atoms with E-state index in [9.17, 15) is 4.39 Å². The molecule has 1 saturated heterocycles. The molecule has 3 aromatic heterocycles. The fraction of sp³-hybridized carbons (Fsp3) is 0.375. The lowest BCUT2D eigenvalue weighted by molar-refractivity contribution is 0.121. The highest BCUT2D eigenvalue weighted by Crippen LogP contribution is 2.27. The Balaban J connectivity index is 1.14. The van der Waals surface area contributed by atoms with Crippen LogP contribution in [-0.4, -0.2) is 60.6 Å². The molecule has 35 heavy (non-hydrogen) atoms. The van der Waals surface area contributed by atoms with E-state index in [1.807, 2.05) is 6.92 Å². The Labute approximate surface area is 200 Å². The maximum absolute atomic E-state index is 13.3. The van der Waals surface area contributed by atoms with Gasteiger partial charge in [0.1, 0.15) is 35.4 Å². The summed E-state index contributed by atoms with van der Waals surface area (Å²) in [5.74, 6) is 2.32. The number of ether oxygens (including phenoxy) is 2. The third-order valence-corrected chi connectivity index (χ3v) is 6.53. The lowest BCUT2D eigenvalue weighted by Crippen LogP contribution is -2.41. The minimum absolute atomic E-state index is 0.192. The molecule has 0 amide bonds. The Morgan fingerprint density at radius 1 is 1.11 bits per heavy atom. The second-order valence-corrected chi connectivity index (χ2v) is 8.68. The van der Waals surface area contributed by atoms with Gasteiger partial charge in [-0.3, -0.25) is 4.90 Å². The molecule has 180 valence electrons. The maximum Gasteiger partial charge on any atom is 0.232 e. The smallest absolute Gasteiger partial charge is 0.232 e. The third-order valence-electron chi connectivity index (χ3n) is 6.53. The summed E-state index contributed by atoms with van der Waals surface area (Å²) in [5, 5.41) is 12.9. The van der Waals surface area contributed by atoms with E-state index in [1.165, 1.54) is 12.1 Å². The number of nitrogens with zero attached hydrogens (tertiary/aromatic N) is 7. The second kappa shape index (κ2) is 9.16. The molecule has 11 heteroatoms. The molecular weight excluding hydrogens is 453 g/mol. The number of rotatable bonds is 6. The minimum atomic E-state index is -0.309. The van der Waals surface area contributed by atoms with Crippen LogP contribution in [0.25, 0.3) is 22.8 Å². The normalized spacial score (nSPS) is 18.1. The van der Waals surface area contributed by atoms with Crippen molar-refractivity contribution in [3.05, 3.63) is 59.6 Å². The summed E-state index contributed by atoms with van der Waals surface area (Å²) < 4.78 is 32.1. The topological polar surface area (TPSA) is 104 Å². The number of hydrogen-bond donors (Lipinski definition) is 0. The summed E-state index contributed by atoms with van der Waals surface area (Å²) in [6.45, 7) is 6.09. The molecule has 0 N–H and O–H groups in total. The third kappa shape index (κ3) is 4.28. The summed E-state index contributed by atoms with van der Waals surface area (Å²) in [5.41, 5.74) is 2.77. The van der Waals surface area contributed by atoms with E-state index in [-0.39, 0.29) is 12.4 Å². The summed E-state index contributed by atoms with van der Waals surface area (Å²) in [6.07, 6.45) is 4.28. The van der Waals surface area contributed by atoms with Crippen LogP contribution in [0.1, 0.15) is 23.6 Å². The van der Waals surface area contributed by atoms with Gasteiger partial charge in [-0.15, -0.1) is 10.2 Å². The maximum atomic E-state index is 13.3. The van der Waals surface area contributed by atoms with Crippen LogP contribution in [0.15, 0.2) is 41.2 Å². The van der Waals surface area contributed by atoms with Crippen LogP contribution in [0.2, 0.25) is 0 Å². The van der Waals surface area contributed by atoms with Crippen molar-refractivity contribution in [3.63, 3.8) is 0 Å². The van der Waals surface area contributed by atoms with Gasteiger partial charge >= 0.3 is 0 Å². The van der Waals surface area contributed by atoms with Crippen molar-refractivity contribution in [2.45, 2.75) is 39.1 Å². The first-order valence-corrected chi connectivity index (χ1v) is 11.6. The molecule has 0 aliphatic carbocycles. The van der Waals surface area contributed by atoms with Crippen molar-refractivity contribution in [3.8, 4) is 28.7 Å². The lowest BCUT2D eigenvalue weighted by atomic mass is 10.1. The molecule has 1 fully saturated rings. The van der Waals surface area contributed by atoms with Crippen LogP contribution in [0, 0.1) is 12.7 Å². The van der Waals surface area contributed by atoms with Gasteiger partial charge in [0.2, 0.25) is 5.88 Å². The number of fused-ring (bicyclic) bond motifs is 1. The molecule has 2 aliphatic rings. The number of aryl methyl sites for hydroxylation is 1. The van der Waals surface area contributed by atoms with E-state index >= 15 is 0 Å². The molecule has 4 aromatic rings. The van der Waals surface area contributed by atoms with E-state index in [0.717, 1.165) is 56.2 Å². The average Bonchev–Trinajstić information content (AvgIpc) is 3.64. The Kier molecular flexibility index (Phi) is 5.71. The van der Waals surface area contributed by atoms with E-state index in [1.54, 1.807) is 24.5 Å². The number of hydrogen-bond acceptors (Lipinski definition) is 9. The molecular formula is C24H24FN7O3. The van der Waals surface area contributed by atoms with Crippen LogP contribution in [0.3, 0.4) is 0 Å². The summed E-state index contributed by atoms with van der Waals surface area (Å²) in [4.78, 5) is 11.3. The zero-order valence-electron chi connectivity index (χ0n) is 19.2. The fourth-order valence-electron chi connectivity index (χ4n) is 4.54. The molecule has 1 unspecified atom stereocenters. The first-order chi connectivity index (χ1) is 17.2. The first kappa shape index (κ1) is 21.8. The van der Waals surface area contributed by atoms with Gasteiger partial charge in [0.15, 0.2) is 5.82 Å². The molecule has 1 aromatic carbocycles. The Hall–Kier alpha value is -3.70. The minimum Gasteiger partial charge on any atom is -0.471 e. The Bertz CT molecular complexity index is 1310. The average molecular weight is 478 g/mol. The monoisotopic (exact) mass is 477 g/mol. The summed E-state index contributed by atoms with van der Waals surface area (Å²) >= 11 is 0. The SMILES string of the molecule is Cc1onc(-c2ccc(F)cc2)c1COc1cnc(-c2nnc3n2CCN(C2CCOC2)C3)cn1. The van der Waals surface area contributed by atoms with Crippen molar-refractivity contribution in [1.82, 2.24) is 34.8 Å². The van der Waals surface area contributed by atoms with Gasteiger partial charge in [0.05, 0.1) is 31.1 Å². The summed E-state index contributed by atoms with van der Waals surface area (Å²) in [6, 6.07) is 6.55. The fourth-order valence-corrected chi connectivity index (χ4v) is 4.54. The van der Waals surface area contributed by atoms with E-state index in [4.69, 9.17) is 14.0 Å². The van der Waals surface area contributed by atoms with Crippen LogP contribution >= 0.6 is 0 Å². The molecule has 0 saturated carbocycles. The molecule has 6 rings (SSSR count). The van der Waals surface area contributed by atoms with Crippen molar-refractivity contribution < 1.29 is 18.4 Å². The number of benzene rings is 1. The van der Waals surface area contributed by atoms with Crippen molar-refractivity contribution >= 4 is 0 Å². The van der Waals surface area contributed by atoms with Crippen molar-refractivity contribution in [2.75, 3.05) is 19.8 Å². The molecule has 0 spiro atoms. The van der Waals surface area contributed by atoms with Gasteiger partial charge in [-0.05, 0) is 37.6 Å². The van der Waals surface area contributed by atoms with Crippen LogP contribution in [0.5, 0.6) is 5.88 Å². The van der Waals surface area contributed by atoms with E-state index < -0.39 is 0 Å². The number of halogens is 1. The van der Waals surface area contributed by atoms with Gasteiger partial charge in [0.25, 0.3) is 0 Å². The van der Waals surface area contributed by atoms with Gasteiger partial charge in [-0.2, -0.15) is 0 Å². The quantitative estimate of drug-likeness (QED) is 0.414. The van der Waals surface area contributed by atoms with Crippen molar-refractivity contribution in [1.29, 1.82) is 0 Å². The predicted octanol–water partition coefficient (Wildman–Crippen LogP) is 3.02.